The van der Waals surface area contributed by atoms with Gasteiger partial charge >= 0.3 is 0 Å². The fraction of sp³-hybridized carbons (Fsp3) is 0.333. The fourth-order valence-electron chi connectivity index (χ4n) is 1.96. The molecular formula is C12H14N2O2S. The second-order valence-corrected chi connectivity index (χ2v) is 4.70. The van der Waals surface area contributed by atoms with Crippen LogP contribution in [-0.2, 0) is 4.79 Å². The van der Waals surface area contributed by atoms with Gasteiger partial charge in [0.15, 0.2) is 0 Å². The number of rotatable bonds is 2. The third-order valence-electron chi connectivity index (χ3n) is 2.99. The smallest absolute Gasteiger partial charge is 0.253 e. The molecule has 2 amide bonds. The summed E-state index contributed by atoms with van der Waals surface area (Å²) in [5.74, 6) is -0.587. The predicted octanol–water partition coefficient (Wildman–Crippen LogP) is 0.923. The van der Waals surface area contributed by atoms with Crippen LogP contribution in [0.4, 0.5) is 0 Å². The molecule has 2 rings (SSSR count). The van der Waals surface area contributed by atoms with Crippen LogP contribution < -0.4 is 5.73 Å². The molecule has 90 valence electrons. The van der Waals surface area contributed by atoms with E-state index in [4.69, 9.17) is 5.73 Å². The van der Waals surface area contributed by atoms with Gasteiger partial charge in [-0.2, -0.15) is 0 Å². The highest BCUT2D eigenvalue weighted by atomic mass is 32.1. The fourth-order valence-corrected chi connectivity index (χ4v) is 2.11. The lowest BCUT2D eigenvalue weighted by Gasteiger charge is -2.15. The van der Waals surface area contributed by atoms with Gasteiger partial charge < -0.3 is 10.6 Å². The Morgan fingerprint density at radius 2 is 1.94 bits per heavy atom. The van der Waals surface area contributed by atoms with Crippen molar-refractivity contribution in [2.24, 2.45) is 11.7 Å². The Hall–Kier alpha value is -1.49. The molecule has 1 aliphatic heterocycles. The predicted molar refractivity (Wildman–Crippen MR) is 66.9 cm³/mol. The molecule has 2 N–H and O–H groups in total. The summed E-state index contributed by atoms with van der Waals surface area (Å²) in [7, 11) is 0. The van der Waals surface area contributed by atoms with Crippen molar-refractivity contribution in [2.75, 3.05) is 13.1 Å². The van der Waals surface area contributed by atoms with E-state index in [-0.39, 0.29) is 17.7 Å². The van der Waals surface area contributed by atoms with Crippen LogP contribution in [0.2, 0.25) is 0 Å². The zero-order valence-corrected chi connectivity index (χ0v) is 10.2. The van der Waals surface area contributed by atoms with Crippen LogP contribution in [0.3, 0.4) is 0 Å². The lowest BCUT2D eigenvalue weighted by molar-refractivity contribution is -0.121. The molecule has 1 atom stereocenters. The van der Waals surface area contributed by atoms with E-state index in [9.17, 15) is 9.59 Å². The Morgan fingerprint density at radius 1 is 1.29 bits per heavy atom. The third kappa shape index (κ3) is 2.61. The Kier molecular flexibility index (Phi) is 3.38. The summed E-state index contributed by atoms with van der Waals surface area (Å²) in [5.41, 5.74) is 5.85. The largest absolute Gasteiger partial charge is 0.369 e. The SMILES string of the molecule is NC(=O)C1CCN(C(=O)c2ccc(S)cc2)C1. The molecule has 0 bridgehead atoms. The van der Waals surface area contributed by atoms with Gasteiger partial charge in [0, 0.05) is 23.5 Å². The molecule has 0 aromatic heterocycles. The zero-order valence-electron chi connectivity index (χ0n) is 9.30. The van der Waals surface area contributed by atoms with E-state index in [2.05, 4.69) is 12.6 Å². The molecule has 4 nitrogen and oxygen atoms in total. The van der Waals surface area contributed by atoms with Crippen molar-refractivity contribution in [3.63, 3.8) is 0 Å². The molecule has 1 unspecified atom stereocenters. The molecule has 1 saturated heterocycles. The molecule has 17 heavy (non-hydrogen) atoms. The third-order valence-corrected chi connectivity index (χ3v) is 3.29. The van der Waals surface area contributed by atoms with Crippen molar-refractivity contribution >= 4 is 24.4 Å². The van der Waals surface area contributed by atoms with Crippen LogP contribution in [-0.4, -0.2) is 29.8 Å². The normalized spacial score (nSPS) is 19.4. The van der Waals surface area contributed by atoms with E-state index in [0.29, 0.717) is 25.1 Å². The Balaban J connectivity index is 2.07. The summed E-state index contributed by atoms with van der Waals surface area (Å²) in [5, 5.41) is 0. The van der Waals surface area contributed by atoms with Gasteiger partial charge in [0.2, 0.25) is 5.91 Å². The lowest BCUT2D eigenvalue weighted by Crippen LogP contribution is -2.31. The summed E-state index contributed by atoms with van der Waals surface area (Å²) in [6.45, 7) is 1.02. The molecule has 0 saturated carbocycles. The van der Waals surface area contributed by atoms with Gasteiger partial charge in [-0.05, 0) is 30.7 Å². The van der Waals surface area contributed by atoms with Crippen LogP contribution in [0.25, 0.3) is 0 Å². The van der Waals surface area contributed by atoms with Crippen LogP contribution in [0.5, 0.6) is 0 Å². The summed E-state index contributed by atoms with van der Waals surface area (Å²) in [6, 6.07) is 7.03. The molecule has 0 spiro atoms. The van der Waals surface area contributed by atoms with Crippen molar-refractivity contribution < 1.29 is 9.59 Å². The summed E-state index contributed by atoms with van der Waals surface area (Å²) in [4.78, 5) is 25.6. The zero-order chi connectivity index (χ0) is 12.4. The highest BCUT2D eigenvalue weighted by Crippen LogP contribution is 2.19. The number of nitrogens with two attached hydrogens (primary N) is 1. The van der Waals surface area contributed by atoms with Crippen molar-refractivity contribution in [1.82, 2.24) is 4.90 Å². The van der Waals surface area contributed by atoms with Gasteiger partial charge in [-0.15, -0.1) is 12.6 Å². The second kappa shape index (κ2) is 4.79. The average Bonchev–Trinajstić information content (AvgIpc) is 2.78. The monoisotopic (exact) mass is 250 g/mol. The number of hydrogen-bond donors (Lipinski definition) is 2. The number of carbonyl (C=O) groups is 2. The maximum atomic E-state index is 12.1. The second-order valence-electron chi connectivity index (χ2n) is 4.19. The van der Waals surface area contributed by atoms with E-state index >= 15 is 0 Å². The van der Waals surface area contributed by atoms with Crippen molar-refractivity contribution in [3.8, 4) is 0 Å². The average molecular weight is 250 g/mol. The Labute approximate surface area is 105 Å². The first-order valence-corrected chi connectivity index (χ1v) is 5.90. The Morgan fingerprint density at radius 3 is 2.47 bits per heavy atom. The van der Waals surface area contributed by atoms with Gasteiger partial charge in [-0.1, -0.05) is 0 Å². The topological polar surface area (TPSA) is 63.4 Å². The molecule has 0 radical (unpaired) electrons. The van der Waals surface area contributed by atoms with Gasteiger partial charge in [0.05, 0.1) is 5.92 Å². The van der Waals surface area contributed by atoms with Crippen LogP contribution in [0.15, 0.2) is 29.2 Å². The summed E-state index contributed by atoms with van der Waals surface area (Å²) >= 11 is 4.17. The summed E-state index contributed by atoms with van der Waals surface area (Å²) < 4.78 is 0. The number of likely N-dealkylation sites (tertiary alicyclic amines) is 1. The van der Waals surface area contributed by atoms with Crippen LogP contribution in [0.1, 0.15) is 16.8 Å². The Bertz CT molecular complexity index is 444. The molecule has 1 heterocycles. The van der Waals surface area contributed by atoms with Gasteiger partial charge in [0.1, 0.15) is 0 Å². The van der Waals surface area contributed by atoms with Crippen LogP contribution >= 0.6 is 12.6 Å². The first-order valence-electron chi connectivity index (χ1n) is 5.45. The number of benzene rings is 1. The van der Waals surface area contributed by atoms with E-state index in [1.165, 1.54) is 0 Å². The van der Waals surface area contributed by atoms with Gasteiger partial charge in [0.25, 0.3) is 5.91 Å². The molecule has 1 aliphatic rings. The molecule has 0 aliphatic carbocycles. The van der Waals surface area contributed by atoms with Crippen molar-refractivity contribution in [2.45, 2.75) is 11.3 Å². The van der Waals surface area contributed by atoms with E-state index in [1.54, 1.807) is 29.2 Å². The lowest BCUT2D eigenvalue weighted by atomic mass is 10.1. The standard InChI is InChI=1S/C12H14N2O2S/c13-11(15)9-5-6-14(7-9)12(16)8-1-3-10(17)4-2-8/h1-4,9,17H,5-7H2,(H2,13,15). The summed E-state index contributed by atoms with van der Waals surface area (Å²) in [6.07, 6.45) is 0.658. The van der Waals surface area contributed by atoms with E-state index in [0.717, 1.165) is 4.90 Å². The molecular weight excluding hydrogens is 236 g/mol. The minimum atomic E-state index is -0.328. The minimum Gasteiger partial charge on any atom is -0.369 e. The number of amides is 2. The maximum Gasteiger partial charge on any atom is 0.253 e. The van der Waals surface area contributed by atoms with E-state index in [1.807, 2.05) is 0 Å². The number of hydrogen-bond acceptors (Lipinski definition) is 3. The highest BCUT2D eigenvalue weighted by Gasteiger charge is 2.29. The number of thiol groups is 1. The van der Waals surface area contributed by atoms with Crippen molar-refractivity contribution in [1.29, 1.82) is 0 Å². The van der Waals surface area contributed by atoms with E-state index < -0.39 is 0 Å². The van der Waals surface area contributed by atoms with Gasteiger partial charge in [-0.25, -0.2) is 0 Å². The number of nitrogens with zero attached hydrogens (tertiary/aromatic N) is 1. The number of carbonyl (C=O) groups excluding carboxylic acids is 2. The molecule has 1 aromatic rings. The molecule has 1 aromatic carbocycles. The quantitative estimate of drug-likeness (QED) is 0.767. The molecule has 1 fully saturated rings. The minimum absolute atomic E-state index is 0.0536. The number of primary amides is 1. The first kappa shape index (κ1) is 12.0. The highest BCUT2D eigenvalue weighted by molar-refractivity contribution is 7.80. The first-order chi connectivity index (χ1) is 8.08. The van der Waals surface area contributed by atoms with Gasteiger partial charge in [-0.3, -0.25) is 9.59 Å². The van der Waals surface area contributed by atoms with Crippen LogP contribution in [0, 0.1) is 5.92 Å². The molecule has 5 heteroatoms. The van der Waals surface area contributed by atoms with Crippen molar-refractivity contribution in [3.05, 3.63) is 29.8 Å². The maximum absolute atomic E-state index is 12.1.